The van der Waals surface area contributed by atoms with Gasteiger partial charge in [-0.25, -0.2) is 9.97 Å². The molecule has 1 unspecified atom stereocenters. The Balaban J connectivity index is 2.29. The average molecular weight is 304 g/mol. The smallest absolute Gasteiger partial charge is 0.242 e. The molecule has 2 N–H and O–H groups in total. The molecular formula is C17H28N4O. The SMILES string of the molecule is CC(C)c1nc(NC2CCCCNC2=O)cc(C(C)(C)C)n1. The van der Waals surface area contributed by atoms with E-state index >= 15 is 0 Å². The molecule has 0 saturated carbocycles. The number of hydrogen-bond acceptors (Lipinski definition) is 4. The summed E-state index contributed by atoms with van der Waals surface area (Å²) < 4.78 is 0. The third kappa shape index (κ3) is 4.18. The van der Waals surface area contributed by atoms with Gasteiger partial charge in [-0.2, -0.15) is 0 Å². The maximum Gasteiger partial charge on any atom is 0.242 e. The lowest BCUT2D eigenvalue weighted by Gasteiger charge is -2.22. The molecule has 1 aromatic rings. The quantitative estimate of drug-likeness (QED) is 0.901. The minimum absolute atomic E-state index is 0.0469. The third-order valence-corrected chi connectivity index (χ3v) is 3.89. The summed E-state index contributed by atoms with van der Waals surface area (Å²) in [6, 6.07) is 1.77. The lowest BCUT2D eigenvalue weighted by Crippen LogP contribution is -2.38. The maximum atomic E-state index is 12.1. The Kier molecular flexibility index (Phi) is 5.04. The van der Waals surface area contributed by atoms with E-state index in [1.165, 1.54) is 0 Å². The van der Waals surface area contributed by atoms with Gasteiger partial charge in [-0.15, -0.1) is 0 Å². The molecule has 0 bridgehead atoms. The normalized spacial score (nSPS) is 19.7. The topological polar surface area (TPSA) is 66.9 Å². The van der Waals surface area contributed by atoms with Gasteiger partial charge in [0, 0.05) is 23.9 Å². The van der Waals surface area contributed by atoms with Crippen LogP contribution < -0.4 is 10.6 Å². The van der Waals surface area contributed by atoms with E-state index in [2.05, 4.69) is 55.2 Å². The van der Waals surface area contributed by atoms with E-state index in [1.807, 2.05) is 6.07 Å². The molecule has 1 aliphatic heterocycles. The standard InChI is InChI=1S/C17H28N4O/c1-11(2)15-20-13(17(3,4)5)10-14(21-15)19-12-8-6-7-9-18-16(12)22/h10-12H,6-9H2,1-5H3,(H,18,22)(H,19,20,21). The molecule has 0 aliphatic carbocycles. The van der Waals surface area contributed by atoms with Crippen LogP contribution in [0.25, 0.3) is 0 Å². The van der Waals surface area contributed by atoms with E-state index in [-0.39, 0.29) is 23.3 Å². The molecule has 2 heterocycles. The van der Waals surface area contributed by atoms with E-state index in [1.54, 1.807) is 0 Å². The van der Waals surface area contributed by atoms with Crippen LogP contribution in [0, 0.1) is 0 Å². The summed E-state index contributed by atoms with van der Waals surface area (Å²) in [7, 11) is 0. The van der Waals surface area contributed by atoms with Gasteiger partial charge in [0.1, 0.15) is 17.7 Å². The van der Waals surface area contributed by atoms with E-state index in [9.17, 15) is 4.79 Å². The van der Waals surface area contributed by atoms with Crippen LogP contribution in [-0.2, 0) is 10.2 Å². The molecular weight excluding hydrogens is 276 g/mol. The first-order valence-corrected chi connectivity index (χ1v) is 8.21. The Bertz CT molecular complexity index is 534. The molecule has 1 aliphatic rings. The van der Waals surface area contributed by atoms with Crippen molar-refractivity contribution in [1.29, 1.82) is 0 Å². The van der Waals surface area contributed by atoms with Crippen molar-refractivity contribution in [3.05, 3.63) is 17.6 Å². The third-order valence-electron chi connectivity index (χ3n) is 3.89. The van der Waals surface area contributed by atoms with Crippen LogP contribution in [0.4, 0.5) is 5.82 Å². The number of carbonyl (C=O) groups is 1. The summed E-state index contributed by atoms with van der Waals surface area (Å²) in [6.07, 6.45) is 2.93. The average Bonchev–Trinajstić information content (AvgIpc) is 2.63. The highest BCUT2D eigenvalue weighted by molar-refractivity contribution is 5.84. The van der Waals surface area contributed by atoms with Gasteiger partial charge in [-0.05, 0) is 19.3 Å². The first-order chi connectivity index (χ1) is 10.3. The van der Waals surface area contributed by atoms with Gasteiger partial charge in [0.2, 0.25) is 5.91 Å². The van der Waals surface area contributed by atoms with E-state index in [0.29, 0.717) is 0 Å². The number of aromatic nitrogens is 2. The Labute approximate surface area is 133 Å². The van der Waals surface area contributed by atoms with Gasteiger partial charge in [0.25, 0.3) is 0 Å². The molecule has 122 valence electrons. The number of anilines is 1. The molecule has 1 fully saturated rings. The zero-order valence-corrected chi connectivity index (χ0v) is 14.4. The molecule has 0 spiro atoms. The molecule has 0 radical (unpaired) electrons. The van der Waals surface area contributed by atoms with Crippen LogP contribution in [0.15, 0.2) is 6.07 Å². The van der Waals surface area contributed by atoms with Crippen molar-refractivity contribution in [3.8, 4) is 0 Å². The van der Waals surface area contributed by atoms with Crippen LogP contribution in [0.1, 0.15) is 71.3 Å². The fourth-order valence-corrected chi connectivity index (χ4v) is 2.44. The Morgan fingerprint density at radius 2 is 2.00 bits per heavy atom. The molecule has 1 atom stereocenters. The first kappa shape index (κ1) is 16.7. The van der Waals surface area contributed by atoms with Gasteiger partial charge in [-0.1, -0.05) is 34.6 Å². The summed E-state index contributed by atoms with van der Waals surface area (Å²) >= 11 is 0. The molecule has 2 rings (SSSR count). The lowest BCUT2D eigenvalue weighted by atomic mass is 9.91. The first-order valence-electron chi connectivity index (χ1n) is 8.21. The molecule has 1 aromatic heterocycles. The second-order valence-electron chi connectivity index (χ2n) is 7.39. The highest BCUT2D eigenvalue weighted by Crippen LogP contribution is 2.25. The second kappa shape index (κ2) is 6.63. The van der Waals surface area contributed by atoms with Crippen molar-refractivity contribution in [3.63, 3.8) is 0 Å². The maximum absolute atomic E-state index is 12.1. The predicted molar refractivity (Wildman–Crippen MR) is 89.1 cm³/mol. The largest absolute Gasteiger partial charge is 0.358 e. The van der Waals surface area contributed by atoms with Gasteiger partial charge in [-0.3, -0.25) is 4.79 Å². The van der Waals surface area contributed by atoms with E-state index in [0.717, 1.165) is 43.1 Å². The minimum atomic E-state index is -0.203. The van der Waals surface area contributed by atoms with Gasteiger partial charge in [0.15, 0.2) is 0 Å². The van der Waals surface area contributed by atoms with Gasteiger partial charge < -0.3 is 10.6 Å². The highest BCUT2D eigenvalue weighted by Gasteiger charge is 2.23. The summed E-state index contributed by atoms with van der Waals surface area (Å²) in [5.74, 6) is 1.90. The highest BCUT2D eigenvalue weighted by atomic mass is 16.2. The molecule has 22 heavy (non-hydrogen) atoms. The Morgan fingerprint density at radius 3 is 2.64 bits per heavy atom. The van der Waals surface area contributed by atoms with Crippen LogP contribution >= 0.6 is 0 Å². The van der Waals surface area contributed by atoms with Crippen molar-refractivity contribution < 1.29 is 4.79 Å². The fourth-order valence-electron chi connectivity index (χ4n) is 2.44. The Morgan fingerprint density at radius 1 is 1.27 bits per heavy atom. The number of nitrogens with one attached hydrogen (secondary N) is 2. The van der Waals surface area contributed by atoms with Crippen LogP contribution in [-0.4, -0.2) is 28.5 Å². The molecule has 0 aromatic carbocycles. The van der Waals surface area contributed by atoms with Crippen LogP contribution in [0.5, 0.6) is 0 Å². The summed E-state index contributed by atoms with van der Waals surface area (Å²) in [4.78, 5) is 21.4. The summed E-state index contributed by atoms with van der Waals surface area (Å²) in [5, 5.41) is 6.27. The number of carbonyl (C=O) groups excluding carboxylic acids is 1. The molecule has 1 amide bonds. The zero-order valence-electron chi connectivity index (χ0n) is 14.4. The summed E-state index contributed by atoms with van der Waals surface area (Å²) in [5.41, 5.74) is 0.956. The molecule has 5 nitrogen and oxygen atoms in total. The molecule has 5 heteroatoms. The van der Waals surface area contributed by atoms with Gasteiger partial charge in [0.05, 0.1) is 5.69 Å². The molecule has 1 saturated heterocycles. The van der Waals surface area contributed by atoms with Crippen LogP contribution in [0.3, 0.4) is 0 Å². The van der Waals surface area contributed by atoms with Gasteiger partial charge >= 0.3 is 0 Å². The van der Waals surface area contributed by atoms with Crippen LogP contribution in [0.2, 0.25) is 0 Å². The predicted octanol–water partition coefficient (Wildman–Crippen LogP) is 2.98. The van der Waals surface area contributed by atoms with E-state index in [4.69, 9.17) is 0 Å². The number of amides is 1. The van der Waals surface area contributed by atoms with E-state index < -0.39 is 0 Å². The lowest BCUT2D eigenvalue weighted by molar-refractivity contribution is -0.121. The summed E-state index contributed by atoms with van der Waals surface area (Å²) in [6.45, 7) is 11.4. The number of hydrogen-bond donors (Lipinski definition) is 2. The van der Waals surface area contributed by atoms with Crippen molar-refractivity contribution in [2.24, 2.45) is 0 Å². The number of nitrogens with zero attached hydrogens (tertiary/aromatic N) is 2. The second-order valence-corrected chi connectivity index (χ2v) is 7.39. The monoisotopic (exact) mass is 304 g/mol. The Hall–Kier alpha value is -1.65. The fraction of sp³-hybridized carbons (Fsp3) is 0.706. The zero-order chi connectivity index (χ0) is 16.3. The van der Waals surface area contributed by atoms with Crippen molar-refractivity contribution in [1.82, 2.24) is 15.3 Å². The minimum Gasteiger partial charge on any atom is -0.358 e. The number of rotatable bonds is 3. The van der Waals surface area contributed by atoms with Crippen molar-refractivity contribution in [2.75, 3.05) is 11.9 Å². The van der Waals surface area contributed by atoms with Crippen molar-refractivity contribution >= 4 is 11.7 Å². The van der Waals surface area contributed by atoms with Crippen molar-refractivity contribution in [2.45, 2.75) is 71.3 Å².